The van der Waals surface area contributed by atoms with Gasteiger partial charge in [-0.15, -0.1) is 0 Å². The minimum atomic E-state index is -0.259. The van der Waals surface area contributed by atoms with E-state index in [4.69, 9.17) is 4.74 Å². The van der Waals surface area contributed by atoms with E-state index in [1.54, 1.807) is 6.07 Å². The van der Waals surface area contributed by atoms with Crippen molar-refractivity contribution >= 4 is 11.7 Å². The van der Waals surface area contributed by atoms with Gasteiger partial charge in [0.25, 0.3) is 5.56 Å². The maximum atomic E-state index is 12.2. The Balaban J connectivity index is 1.30. The lowest BCUT2D eigenvalue weighted by Gasteiger charge is -2.33. The molecule has 0 aliphatic carbocycles. The van der Waals surface area contributed by atoms with Crippen molar-refractivity contribution in [3.63, 3.8) is 0 Å². The van der Waals surface area contributed by atoms with Gasteiger partial charge in [-0.25, -0.2) is 4.68 Å². The minimum Gasteiger partial charge on any atom is -0.376 e. The predicted octanol–water partition coefficient (Wildman–Crippen LogP) is 2.00. The number of nitrogens with zero attached hydrogens (tertiary/aromatic N) is 3. The number of aromatic nitrogens is 2. The molecular weight excluding hydrogens is 380 g/mol. The first-order chi connectivity index (χ1) is 14.7. The number of anilines is 1. The number of amides is 1. The summed E-state index contributed by atoms with van der Waals surface area (Å²) in [4.78, 5) is 26.6. The molecule has 2 aliphatic heterocycles. The largest absolute Gasteiger partial charge is 0.376 e. The molecule has 2 aliphatic rings. The monoisotopic (exact) mass is 410 g/mol. The molecule has 7 heteroatoms. The Morgan fingerprint density at radius 3 is 2.63 bits per heavy atom. The summed E-state index contributed by atoms with van der Waals surface area (Å²) in [6.07, 6.45) is 5.38. The maximum absolute atomic E-state index is 12.2. The quantitative estimate of drug-likeness (QED) is 0.756. The second kappa shape index (κ2) is 9.89. The van der Waals surface area contributed by atoms with Gasteiger partial charge in [-0.1, -0.05) is 30.3 Å². The molecule has 2 aromatic rings. The first-order valence-electron chi connectivity index (χ1n) is 10.9. The highest BCUT2D eigenvalue weighted by Crippen LogP contribution is 2.24. The van der Waals surface area contributed by atoms with Gasteiger partial charge in [0.1, 0.15) is 12.4 Å². The molecule has 0 radical (unpaired) electrons. The van der Waals surface area contributed by atoms with Gasteiger partial charge in [-0.05, 0) is 49.7 Å². The van der Waals surface area contributed by atoms with E-state index in [1.165, 1.54) is 16.3 Å². The van der Waals surface area contributed by atoms with Crippen LogP contribution in [0.15, 0.2) is 47.3 Å². The van der Waals surface area contributed by atoms with Gasteiger partial charge in [0.15, 0.2) is 0 Å². The molecule has 1 aromatic carbocycles. The molecule has 1 atom stereocenters. The number of hydrogen-bond donors (Lipinski definition) is 1. The van der Waals surface area contributed by atoms with Gasteiger partial charge >= 0.3 is 0 Å². The fraction of sp³-hybridized carbons (Fsp3) is 0.522. The van der Waals surface area contributed by atoms with Gasteiger partial charge in [-0.2, -0.15) is 5.10 Å². The SMILES string of the molecule is O=C(Cn1nc(N2CCC(Cc3ccccc3)CC2)ccc1=O)NC[C@H]1CCCO1. The van der Waals surface area contributed by atoms with E-state index >= 15 is 0 Å². The van der Waals surface area contributed by atoms with Gasteiger partial charge in [0.05, 0.1) is 6.10 Å². The summed E-state index contributed by atoms with van der Waals surface area (Å²) in [5.74, 6) is 1.22. The molecule has 0 unspecified atom stereocenters. The first-order valence-corrected chi connectivity index (χ1v) is 10.9. The maximum Gasteiger partial charge on any atom is 0.267 e. The summed E-state index contributed by atoms with van der Waals surface area (Å²) in [6.45, 7) is 3.00. The Morgan fingerprint density at radius 2 is 1.90 bits per heavy atom. The molecule has 1 aromatic heterocycles. The summed E-state index contributed by atoms with van der Waals surface area (Å²) in [7, 11) is 0. The van der Waals surface area contributed by atoms with Crippen LogP contribution in [0.2, 0.25) is 0 Å². The van der Waals surface area contributed by atoms with E-state index in [2.05, 4.69) is 45.6 Å². The van der Waals surface area contributed by atoms with Crippen molar-refractivity contribution in [2.24, 2.45) is 5.92 Å². The predicted molar refractivity (Wildman–Crippen MR) is 116 cm³/mol. The minimum absolute atomic E-state index is 0.0656. The zero-order valence-electron chi connectivity index (χ0n) is 17.3. The molecule has 0 saturated carbocycles. The Hall–Kier alpha value is -2.67. The average Bonchev–Trinajstić information content (AvgIpc) is 3.29. The van der Waals surface area contributed by atoms with E-state index in [0.29, 0.717) is 12.5 Å². The summed E-state index contributed by atoms with van der Waals surface area (Å²) < 4.78 is 6.78. The third-order valence-corrected chi connectivity index (χ3v) is 6.00. The number of hydrogen-bond acceptors (Lipinski definition) is 5. The molecule has 4 rings (SSSR count). The fourth-order valence-electron chi connectivity index (χ4n) is 4.26. The molecule has 2 fully saturated rings. The lowest BCUT2D eigenvalue weighted by molar-refractivity contribution is -0.122. The summed E-state index contributed by atoms with van der Waals surface area (Å²) >= 11 is 0. The Kier molecular flexibility index (Phi) is 6.79. The van der Waals surface area contributed by atoms with E-state index in [-0.39, 0.29) is 24.1 Å². The van der Waals surface area contributed by atoms with Crippen LogP contribution in [0.3, 0.4) is 0 Å². The Morgan fingerprint density at radius 1 is 1.10 bits per heavy atom. The van der Waals surface area contributed by atoms with Crippen LogP contribution in [0.4, 0.5) is 5.82 Å². The fourth-order valence-corrected chi connectivity index (χ4v) is 4.26. The standard InChI is InChI=1S/C23H30N4O3/c28-22(24-16-20-7-4-14-30-20)17-27-23(29)9-8-21(25-27)26-12-10-19(11-13-26)15-18-5-2-1-3-6-18/h1-3,5-6,8-9,19-20H,4,7,10-17H2,(H,24,28)/t20-/m1/s1. The van der Waals surface area contributed by atoms with Crippen LogP contribution < -0.4 is 15.8 Å². The number of carbonyl (C=O) groups excluding carboxylic acids is 1. The molecule has 0 bridgehead atoms. The lowest BCUT2D eigenvalue weighted by Crippen LogP contribution is -2.39. The average molecular weight is 411 g/mol. The number of nitrogens with one attached hydrogen (secondary N) is 1. The molecule has 160 valence electrons. The zero-order chi connectivity index (χ0) is 20.8. The van der Waals surface area contributed by atoms with Crippen LogP contribution >= 0.6 is 0 Å². The van der Waals surface area contributed by atoms with E-state index in [1.807, 2.05) is 0 Å². The highest BCUT2D eigenvalue weighted by atomic mass is 16.5. The van der Waals surface area contributed by atoms with E-state index < -0.39 is 0 Å². The van der Waals surface area contributed by atoms with Crippen LogP contribution in [0.25, 0.3) is 0 Å². The summed E-state index contributed by atoms with van der Waals surface area (Å²) in [5.41, 5.74) is 1.13. The molecule has 1 N–H and O–H groups in total. The van der Waals surface area contributed by atoms with Gasteiger partial charge in [0, 0.05) is 32.3 Å². The van der Waals surface area contributed by atoms with Crippen LogP contribution in [-0.2, 0) is 22.5 Å². The Labute approximate surface area is 177 Å². The van der Waals surface area contributed by atoms with Gasteiger partial charge in [-0.3, -0.25) is 9.59 Å². The Bertz CT molecular complexity index is 885. The van der Waals surface area contributed by atoms with E-state index in [9.17, 15) is 9.59 Å². The van der Waals surface area contributed by atoms with Crippen molar-refractivity contribution in [2.45, 2.75) is 44.8 Å². The molecular formula is C23H30N4O3. The normalized spacial score (nSPS) is 19.7. The molecule has 1 amide bonds. The second-order valence-corrected chi connectivity index (χ2v) is 8.25. The van der Waals surface area contributed by atoms with Crippen LogP contribution in [0, 0.1) is 5.92 Å². The number of piperidine rings is 1. The van der Waals surface area contributed by atoms with Gasteiger partial charge < -0.3 is 15.0 Å². The van der Waals surface area contributed by atoms with Crippen molar-refractivity contribution in [1.29, 1.82) is 0 Å². The van der Waals surface area contributed by atoms with Gasteiger partial charge in [0.2, 0.25) is 5.91 Å². The molecule has 30 heavy (non-hydrogen) atoms. The first kappa shape index (κ1) is 20.6. The van der Waals surface area contributed by atoms with Crippen LogP contribution in [0.5, 0.6) is 0 Å². The number of carbonyl (C=O) groups is 1. The zero-order valence-corrected chi connectivity index (χ0v) is 17.3. The van der Waals surface area contributed by atoms with Crippen LogP contribution in [0.1, 0.15) is 31.2 Å². The third kappa shape index (κ3) is 5.48. The van der Waals surface area contributed by atoms with Crippen molar-refractivity contribution in [3.05, 3.63) is 58.4 Å². The summed E-state index contributed by atoms with van der Waals surface area (Å²) in [6, 6.07) is 13.9. The van der Waals surface area contributed by atoms with E-state index in [0.717, 1.165) is 57.6 Å². The summed E-state index contributed by atoms with van der Waals surface area (Å²) in [5, 5.41) is 7.31. The van der Waals surface area contributed by atoms with Crippen molar-refractivity contribution < 1.29 is 9.53 Å². The lowest BCUT2D eigenvalue weighted by atomic mass is 9.90. The van der Waals surface area contributed by atoms with Crippen LogP contribution in [-0.4, -0.2) is 48.0 Å². The topological polar surface area (TPSA) is 76.5 Å². The van der Waals surface area contributed by atoms with Crippen molar-refractivity contribution in [1.82, 2.24) is 15.1 Å². The molecule has 7 nitrogen and oxygen atoms in total. The molecule has 0 spiro atoms. The third-order valence-electron chi connectivity index (χ3n) is 6.00. The highest BCUT2D eigenvalue weighted by Gasteiger charge is 2.21. The second-order valence-electron chi connectivity index (χ2n) is 8.25. The highest BCUT2D eigenvalue weighted by molar-refractivity contribution is 5.75. The number of rotatable bonds is 7. The number of benzene rings is 1. The van der Waals surface area contributed by atoms with Crippen molar-refractivity contribution in [3.8, 4) is 0 Å². The number of ether oxygens (including phenoxy) is 1. The molecule has 3 heterocycles. The van der Waals surface area contributed by atoms with Crippen molar-refractivity contribution in [2.75, 3.05) is 31.1 Å². The smallest absolute Gasteiger partial charge is 0.267 e. The molecule has 2 saturated heterocycles.